The van der Waals surface area contributed by atoms with Crippen molar-refractivity contribution in [1.82, 2.24) is 10.3 Å². The maximum atomic E-state index is 5.55. The molecule has 0 aliphatic rings. The van der Waals surface area contributed by atoms with E-state index in [2.05, 4.69) is 23.3 Å². The van der Waals surface area contributed by atoms with Crippen molar-refractivity contribution in [2.75, 3.05) is 7.11 Å². The van der Waals surface area contributed by atoms with Crippen LogP contribution in [-0.4, -0.2) is 12.1 Å². The third-order valence-corrected chi connectivity index (χ3v) is 3.13. The molecule has 2 rings (SSSR count). The number of aryl methyl sites for hydroxylation is 2. The molecule has 0 aliphatic carbocycles. The van der Waals surface area contributed by atoms with Crippen LogP contribution >= 0.6 is 0 Å². The van der Waals surface area contributed by atoms with Gasteiger partial charge < -0.3 is 14.5 Å². The first kappa shape index (κ1) is 13.6. The Morgan fingerprint density at radius 3 is 2.79 bits per heavy atom. The molecule has 2 heterocycles. The van der Waals surface area contributed by atoms with Gasteiger partial charge in [-0.1, -0.05) is 6.07 Å². The van der Waals surface area contributed by atoms with Gasteiger partial charge in [-0.25, -0.2) is 4.98 Å². The number of ether oxygens (including phenoxy) is 1. The highest BCUT2D eigenvalue weighted by atomic mass is 16.5. The number of furan rings is 1. The van der Waals surface area contributed by atoms with E-state index in [1.165, 1.54) is 5.56 Å². The summed E-state index contributed by atoms with van der Waals surface area (Å²) in [5.74, 6) is 2.55. The van der Waals surface area contributed by atoms with Crippen molar-refractivity contribution in [1.29, 1.82) is 0 Å². The van der Waals surface area contributed by atoms with Gasteiger partial charge in [-0.3, -0.25) is 0 Å². The lowest BCUT2D eigenvalue weighted by atomic mass is 10.1. The van der Waals surface area contributed by atoms with Crippen LogP contribution in [-0.2, 0) is 6.54 Å². The van der Waals surface area contributed by atoms with Crippen LogP contribution in [0.2, 0.25) is 0 Å². The maximum Gasteiger partial charge on any atom is 0.213 e. The third kappa shape index (κ3) is 3.35. The van der Waals surface area contributed by atoms with Crippen molar-refractivity contribution in [3.05, 3.63) is 47.0 Å². The van der Waals surface area contributed by atoms with E-state index in [9.17, 15) is 0 Å². The Morgan fingerprint density at radius 1 is 1.37 bits per heavy atom. The molecule has 1 N–H and O–H groups in total. The molecule has 1 atom stereocenters. The normalized spacial score (nSPS) is 12.4. The molecule has 0 amide bonds. The van der Waals surface area contributed by atoms with Gasteiger partial charge in [-0.2, -0.15) is 0 Å². The van der Waals surface area contributed by atoms with Gasteiger partial charge in [0.25, 0.3) is 0 Å². The second-order valence-electron chi connectivity index (χ2n) is 4.64. The highest BCUT2D eigenvalue weighted by Gasteiger charge is 2.12. The van der Waals surface area contributed by atoms with Gasteiger partial charge in [0, 0.05) is 24.2 Å². The second kappa shape index (κ2) is 5.89. The van der Waals surface area contributed by atoms with Crippen LogP contribution in [0.15, 0.2) is 28.7 Å². The number of hydrogen-bond acceptors (Lipinski definition) is 4. The van der Waals surface area contributed by atoms with Crippen LogP contribution in [0.5, 0.6) is 5.88 Å². The smallest absolute Gasteiger partial charge is 0.213 e. The molecule has 2 aromatic heterocycles. The predicted molar refractivity (Wildman–Crippen MR) is 74.2 cm³/mol. The third-order valence-electron chi connectivity index (χ3n) is 3.13. The molecule has 0 saturated heterocycles. The van der Waals surface area contributed by atoms with Crippen LogP contribution in [0.25, 0.3) is 0 Å². The van der Waals surface area contributed by atoms with Crippen LogP contribution in [0, 0.1) is 13.8 Å². The molecule has 0 fully saturated rings. The Labute approximate surface area is 113 Å². The first-order chi connectivity index (χ1) is 9.10. The molecule has 0 saturated carbocycles. The molecule has 102 valence electrons. The molecule has 0 radical (unpaired) electrons. The van der Waals surface area contributed by atoms with Gasteiger partial charge >= 0.3 is 0 Å². The minimum Gasteiger partial charge on any atom is -0.481 e. The topological polar surface area (TPSA) is 47.3 Å². The monoisotopic (exact) mass is 260 g/mol. The molecular formula is C15H20N2O2. The standard InChI is InChI=1S/C15H20N2O2/c1-10-8-14(12(3)19-10)11(2)16-9-13-6-5-7-15(17-13)18-4/h5-8,11,16H,9H2,1-4H3. The van der Waals surface area contributed by atoms with Crippen LogP contribution < -0.4 is 10.1 Å². The minimum atomic E-state index is 0.227. The number of aromatic nitrogens is 1. The van der Waals surface area contributed by atoms with E-state index in [1.54, 1.807) is 7.11 Å². The largest absolute Gasteiger partial charge is 0.481 e. The SMILES string of the molecule is COc1cccc(CNC(C)c2cc(C)oc2C)n1. The van der Waals surface area contributed by atoms with Crippen LogP contribution in [0.1, 0.15) is 35.7 Å². The summed E-state index contributed by atoms with van der Waals surface area (Å²) in [6, 6.07) is 8.07. The lowest BCUT2D eigenvalue weighted by molar-refractivity contribution is 0.395. The molecule has 0 aromatic carbocycles. The highest BCUT2D eigenvalue weighted by molar-refractivity contribution is 5.23. The average molecular weight is 260 g/mol. The Hall–Kier alpha value is -1.81. The molecule has 0 bridgehead atoms. The fourth-order valence-corrected chi connectivity index (χ4v) is 2.12. The molecular weight excluding hydrogens is 240 g/mol. The lowest BCUT2D eigenvalue weighted by Gasteiger charge is -2.13. The van der Waals surface area contributed by atoms with Crippen LogP contribution in [0.4, 0.5) is 0 Å². The summed E-state index contributed by atoms with van der Waals surface area (Å²) in [5.41, 5.74) is 2.16. The number of rotatable bonds is 5. The maximum absolute atomic E-state index is 5.55. The van der Waals surface area contributed by atoms with Crippen molar-refractivity contribution >= 4 is 0 Å². The number of nitrogens with one attached hydrogen (secondary N) is 1. The van der Waals surface area contributed by atoms with Gasteiger partial charge in [0.05, 0.1) is 12.8 Å². The second-order valence-corrected chi connectivity index (χ2v) is 4.64. The Bertz CT molecular complexity index is 549. The van der Waals surface area contributed by atoms with Crippen LogP contribution in [0.3, 0.4) is 0 Å². The molecule has 2 aromatic rings. The van der Waals surface area contributed by atoms with Crippen molar-refractivity contribution in [3.63, 3.8) is 0 Å². The predicted octanol–water partition coefficient (Wildman–Crippen LogP) is 3.15. The van der Waals surface area contributed by atoms with Gasteiger partial charge in [0.2, 0.25) is 5.88 Å². The van der Waals surface area contributed by atoms with E-state index in [1.807, 2.05) is 32.0 Å². The Balaban J connectivity index is 2.00. The fourth-order valence-electron chi connectivity index (χ4n) is 2.12. The Morgan fingerprint density at radius 2 is 2.16 bits per heavy atom. The van der Waals surface area contributed by atoms with Crippen molar-refractivity contribution in [2.24, 2.45) is 0 Å². The number of hydrogen-bond donors (Lipinski definition) is 1. The van der Waals surface area contributed by atoms with E-state index in [4.69, 9.17) is 9.15 Å². The van der Waals surface area contributed by atoms with Gasteiger partial charge in [0.1, 0.15) is 11.5 Å². The molecule has 4 nitrogen and oxygen atoms in total. The van der Waals surface area contributed by atoms with Gasteiger partial charge in [-0.15, -0.1) is 0 Å². The summed E-state index contributed by atoms with van der Waals surface area (Å²) in [4.78, 5) is 4.38. The molecule has 0 aliphatic heterocycles. The summed E-state index contributed by atoms with van der Waals surface area (Å²) in [5, 5.41) is 3.44. The van der Waals surface area contributed by atoms with E-state index >= 15 is 0 Å². The summed E-state index contributed by atoms with van der Waals surface area (Å²) in [6.45, 7) is 6.77. The fraction of sp³-hybridized carbons (Fsp3) is 0.400. The molecule has 19 heavy (non-hydrogen) atoms. The van der Waals surface area contributed by atoms with Gasteiger partial charge in [0.15, 0.2) is 0 Å². The number of methoxy groups -OCH3 is 1. The average Bonchev–Trinajstić information content (AvgIpc) is 2.75. The van der Waals surface area contributed by atoms with E-state index in [0.717, 1.165) is 17.2 Å². The zero-order valence-corrected chi connectivity index (χ0v) is 11.9. The summed E-state index contributed by atoms with van der Waals surface area (Å²) in [7, 11) is 1.62. The van der Waals surface area contributed by atoms with Crippen molar-refractivity contribution in [3.8, 4) is 5.88 Å². The molecule has 4 heteroatoms. The van der Waals surface area contributed by atoms with E-state index in [-0.39, 0.29) is 6.04 Å². The minimum absolute atomic E-state index is 0.227. The lowest BCUT2D eigenvalue weighted by Crippen LogP contribution is -2.19. The summed E-state index contributed by atoms with van der Waals surface area (Å²) in [6.07, 6.45) is 0. The first-order valence-corrected chi connectivity index (χ1v) is 6.40. The quantitative estimate of drug-likeness (QED) is 0.897. The van der Waals surface area contributed by atoms with Crippen molar-refractivity contribution in [2.45, 2.75) is 33.4 Å². The molecule has 0 spiro atoms. The van der Waals surface area contributed by atoms with E-state index in [0.29, 0.717) is 12.4 Å². The van der Waals surface area contributed by atoms with Gasteiger partial charge in [-0.05, 0) is 32.9 Å². The zero-order valence-electron chi connectivity index (χ0n) is 11.9. The van der Waals surface area contributed by atoms with E-state index < -0.39 is 0 Å². The zero-order chi connectivity index (χ0) is 13.8. The number of nitrogens with zero attached hydrogens (tertiary/aromatic N) is 1. The summed E-state index contributed by atoms with van der Waals surface area (Å²) >= 11 is 0. The highest BCUT2D eigenvalue weighted by Crippen LogP contribution is 2.21. The van der Waals surface area contributed by atoms with Crippen molar-refractivity contribution < 1.29 is 9.15 Å². The number of pyridine rings is 1. The summed E-state index contributed by atoms with van der Waals surface area (Å²) < 4.78 is 10.7. The Kier molecular flexibility index (Phi) is 4.22. The first-order valence-electron chi connectivity index (χ1n) is 6.40. The molecule has 1 unspecified atom stereocenters.